The maximum absolute atomic E-state index is 12.2. The molecule has 7 atom stereocenters. The highest BCUT2D eigenvalue weighted by molar-refractivity contribution is 5.82. The predicted molar refractivity (Wildman–Crippen MR) is 99.0 cm³/mol. The highest BCUT2D eigenvalue weighted by atomic mass is 16.5. The van der Waals surface area contributed by atoms with Gasteiger partial charge in [-0.1, -0.05) is 34.6 Å². The van der Waals surface area contributed by atoms with E-state index in [0.717, 1.165) is 19.3 Å². The summed E-state index contributed by atoms with van der Waals surface area (Å²) in [5.41, 5.74) is 0.596. The summed E-state index contributed by atoms with van der Waals surface area (Å²) in [6.07, 6.45) is 8.34. The van der Waals surface area contributed by atoms with Crippen molar-refractivity contribution >= 4 is 11.8 Å². The maximum atomic E-state index is 12.2. The SMILES string of the molecule is CC.CC1C(=O)CCC2(C)C1CCC1(C)C(C3CCC(=O)O3)CCC12. The number of carbonyl (C=O) groups is 2. The van der Waals surface area contributed by atoms with Crippen LogP contribution in [-0.2, 0) is 14.3 Å². The average Bonchev–Trinajstić information content (AvgIpc) is 3.17. The molecule has 1 aliphatic heterocycles. The predicted octanol–water partition coefficient (Wildman–Crippen LogP) is 5.17. The number of ketones is 1. The second kappa shape index (κ2) is 6.70. The maximum Gasteiger partial charge on any atom is 0.306 e. The number of esters is 1. The molecular weight excluding hydrogens is 312 g/mol. The second-order valence-electron chi connectivity index (χ2n) is 9.22. The van der Waals surface area contributed by atoms with Crippen LogP contribution in [0.25, 0.3) is 0 Å². The minimum Gasteiger partial charge on any atom is -0.462 e. The highest BCUT2D eigenvalue weighted by Gasteiger charge is 2.62. The van der Waals surface area contributed by atoms with Crippen LogP contribution in [0.15, 0.2) is 0 Å². The molecule has 4 aliphatic rings. The minimum absolute atomic E-state index is 0.00108. The molecule has 0 N–H and O–H groups in total. The lowest BCUT2D eigenvalue weighted by Gasteiger charge is -2.58. The van der Waals surface area contributed by atoms with Crippen molar-refractivity contribution in [2.75, 3.05) is 0 Å². The van der Waals surface area contributed by atoms with Crippen molar-refractivity contribution in [3.8, 4) is 0 Å². The van der Waals surface area contributed by atoms with E-state index in [0.29, 0.717) is 40.8 Å². The first-order valence-corrected chi connectivity index (χ1v) is 10.6. The summed E-state index contributed by atoms with van der Waals surface area (Å²) in [6.45, 7) is 11.1. The molecule has 4 fully saturated rings. The number of Topliss-reactive ketones (excluding diaryl/α,β-unsaturated/α-hetero) is 1. The van der Waals surface area contributed by atoms with Gasteiger partial charge in [0.2, 0.25) is 0 Å². The van der Waals surface area contributed by atoms with Gasteiger partial charge in [0.25, 0.3) is 0 Å². The summed E-state index contributed by atoms with van der Waals surface area (Å²) in [5, 5.41) is 0. The average molecular weight is 349 g/mol. The van der Waals surface area contributed by atoms with Crippen LogP contribution >= 0.6 is 0 Å². The Bertz CT molecular complexity index is 541. The van der Waals surface area contributed by atoms with Crippen molar-refractivity contribution < 1.29 is 14.3 Å². The third kappa shape index (κ3) is 2.77. The first-order valence-electron chi connectivity index (χ1n) is 10.6. The van der Waals surface area contributed by atoms with Crippen LogP contribution in [0.2, 0.25) is 0 Å². The van der Waals surface area contributed by atoms with Crippen LogP contribution in [-0.4, -0.2) is 17.9 Å². The molecule has 3 saturated carbocycles. The highest BCUT2D eigenvalue weighted by Crippen LogP contribution is 2.68. The third-order valence-electron chi connectivity index (χ3n) is 8.43. The van der Waals surface area contributed by atoms with E-state index in [1.165, 1.54) is 25.7 Å². The Labute approximate surface area is 153 Å². The molecule has 0 amide bonds. The van der Waals surface area contributed by atoms with E-state index in [4.69, 9.17) is 4.74 Å². The van der Waals surface area contributed by atoms with Gasteiger partial charge in [0.05, 0.1) is 0 Å². The van der Waals surface area contributed by atoms with Crippen LogP contribution in [0.5, 0.6) is 0 Å². The molecule has 1 saturated heterocycles. The molecule has 3 heteroatoms. The normalized spacial score (nSPS) is 48.9. The van der Waals surface area contributed by atoms with Gasteiger partial charge in [-0.3, -0.25) is 9.59 Å². The van der Waals surface area contributed by atoms with Crippen molar-refractivity contribution in [3.05, 3.63) is 0 Å². The summed E-state index contributed by atoms with van der Waals surface area (Å²) in [5.74, 6) is 2.50. The first kappa shape index (κ1) is 18.9. The third-order valence-corrected chi connectivity index (χ3v) is 8.43. The van der Waals surface area contributed by atoms with E-state index in [9.17, 15) is 9.59 Å². The molecule has 3 aliphatic carbocycles. The summed E-state index contributed by atoms with van der Waals surface area (Å²) in [6, 6.07) is 0. The smallest absolute Gasteiger partial charge is 0.306 e. The van der Waals surface area contributed by atoms with Gasteiger partial charge in [-0.25, -0.2) is 0 Å². The number of cyclic esters (lactones) is 1. The van der Waals surface area contributed by atoms with Crippen molar-refractivity contribution in [1.29, 1.82) is 0 Å². The first-order chi connectivity index (χ1) is 11.9. The largest absolute Gasteiger partial charge is 0.462 e. The van der Waals surface area contributed by atoms with Crippen LogP contribution in [0, 0.1) is 34.5 Å². The molecule has 142 valence electrons. The Morgan fingerprint density at radius 3 is 2.20 bits per heavy atom. The molecule has 7 unspecified atom stereocenters. The number of ether oxygens (including phenoxy) is 1. The molecule has 3 nitrogen and oxygen atoms in total. The molecule has 0 bridgehead atoms. The van der Waals surface area contributed by atoms with Crippen LogP contribution < -0.4 is 0 Å². The van der Waals surface area contributed by atoms with E-state index < -0.39 is 0 Å². The fourth-order valence-electron chi connectivity index (χ4n) is 7.23. The van der Waals surface area contributed by atoms with Gasteiger partial charge >= 0.3 is 5.97 Å². The number of rotatable bonds is 1. The lowest BCUT2D eigenvalue weighted by Crippen LogP contribution is -2.54. The molecule has 0 aromatic heterocycles. The van der Waals surface area contributed by atoms with Gasteiger partial charge in [0.15, 0.2) is 0 Å². The van der Waals surface area contributed by atoms with Crippen LogP contribution in [0.3, 0.4) is 0 Å². The molecule has 0 aromatic carbocycles. The van der Waals surface area contributed by atoms with Gasteiger partial charge in [-0.05, 0) is 61.2 Å². The molecule has 0 spiro atoms. The molecule has 0 aromatic rings. The topological polar surface area (TPSA) is 43.4 Å². The molecule has 4 rings (SSSR count). The number of hydrogen-bond acceptors (Lipinski definition) is 3. The fourth-order valence-corrected chi connectivity index (χ4v) is 7.23. The van der Waals surface area contributed by atoms with Crippen molar-refractivity contribution in [2.45, 2.75) is 92.1 Å². The Morgan fingerprint density at radius 2 is 1.56 bits per heavy atom. The van der Waals surface area contributed by atoms with Gasteiger partial charge in [0.1, 0.15) is 11.9 Å². The summed E-state index contributed by atoms with van der Waals surface area (Å²) in [4.78, 5) is 23.8. The van der Waals surface area contributed by atoms with Gasteiger partial charge in [0, 0.05) is 24.7 Å². The summed E-state index contributed by atoms with van der Waals surface area (Å²) < 4.78 is 5.67. The standard InChI is InChI=1S/C20H30O3.C2H6/c1-12-13-8-10-20(3)14(16-5-7-18(22)23-16)4-6-17(20)19(13,2)11-9-15(12)21;1-2/h12-14,16-17H,4-11H2,1-3H3;1-2H3. The van der Waals surface area contributed by atoms with Gasteiger partial charge < -0.3 is 4.74 Å². The van der Waals surface area contributed by atoms with E-state index in [-0.39, 0.29) is 18.0 Å². The Morgan fingerprint density at radius 1 is 0.880 bits per heavy atom. The summed E-state index contributed by atoms with van der Waals surface area (Å²) in [7, 11) is 0. The van der Waals surface area contributed by atoms with Gasteiger partial charge in [-0.2, -0.15) is 0 Å². The van der Waals surface area contributed by atoms with Crippen LogP contribution in [0.1, 0.15) is 86.0 Å². The zero-order valence-corrected chi connectivity index (χ0v) is 16.8. The monoisotopic (exact) mass is 348 g/mol. The van der Waals surface area contributed by atoms with Gasteiger partial charge in [-0.15, -0.1) is 0 Å². The zero-order chi connectivity index (χ0) is 18.4. The Hall–Kier alpha value is -0.860. The number of hydrogen-bond donors (Lipinski definition) is 0. The van der Waals surface area contributed by atoms with Crippen molar-refractivity contribution in [1.82, 2.24) is 0 Å². The van der Waals surface area contributed by atoms with E-state index in [2.05, 4.69) is 20.8 Å². The zero-order valence-electron chi connectivity index (χ0n) is 16.8. The van der Waals surface area contributed by atoms with E-state index >= 15 is 0 Å². The fraction of sp³-hybridized carbons (Fsp3) is 0.909. The minimum atomic E-state index is -0.00108. The number of fused-ring (bicyclic) bond motifs is 3. The van der Waals surface area contributed by atoms with Crippen LogP contribution in [0.4, 0.5) is 0 Å². The van der Waals surface area contributed by atoms with E-state index in [1.54, 1.807) is 0 Å². The van der Waals surface area contributed by atoms with E-state index in [1.807, 2.05) is 13.8 Å². The van der Waals surface area contributed by atoms with Crippen molar-refractivity contribution in [2.24, 2.45) is 34.5 Å². The lowest BCUT2D eigenvalue weighted by molar-refractivity contribution is -0.153. The second-order valence-corrected chi connectivity index (χ2v) is 9.22. The summed E-state index contributed by atoms with van der Waals surface area (Å²) >= 11 is 0. The Kier molecular flexibility index (Phi) is 5.07. The Balaban J connectivity index is 0.000000880. The molecule has 25 heavy (non-hydrogen) atoms. The molecular formula is C22H36O3. The van der Waals surface area contributed by atoms with Crippen molar-refractivity contribution in [3.63, 3.8) is 0 Å². The number of carbonyl (C=O) groups excluding carboxylic acids is 2. The molecule has 1 heterocycles. The lowest BCUT2D eigenvalue weighted by atomic mass is 9.46. The quantitative estimate of drug-likeness (QED) is 0.614. The molecule has 0 radical (unpaired) electrons.